The highest BCUT2D eigenvalue weighted by Gasteiger charge is 2.34. The number of aliphatic hydroxyl groups is 2. The third kappa shape index (κ3) is 2.69. The molecule has 0 unspecified atom stereocenters. The molecule has 5 radical (unpaired) electrons. The van der Waals surface area contributed by atoms with Gasteiger partial charge in [-0.25, -0.2) is 4.79 Å². The topological polar surface area (TPSA) is 66.8 Å². The molecule has 1 fully saturated rings. The average Bonchev–Trinajstić information content (AvgIpc) is 2.68. The summed E-state index contributed by atoms with van der Waals surface area (Å²) in [5.41, 5.74) is 0. The minimum Gasteiger partial charge on any atom is -0.464 e. The summed E-state index contributed by atoms with van der Waals surface area (Å²) < 4.78 is 4.57. The molecule has 0 heterocycles. The van der Waals surface area contributed by atoms with E-state index in [-0.39, 0.29) is 6.61 Å². The lowest BCUT2D eigenvalue weighted by Crippen LogP contribution is -2.39. The first-order valence-electron chi connectivity index (χ1n) is 4.41. The predicted molar refractivity (Wildman–Crippen MR) is 49.1 cm³/mol. The molecule has 2 N–H and O–H groups in total. The minimum atomic E-state index is -1.52. The highest BCUT2D eigenvalue weighted by atomic mass is 16.5. The van der Waals surface area contributed by atoms with E-state index in [1.807, 2.05) is 0 Å². The fourth-order valence-corrected chi connectivity index (χ4v) is 1.12. The summed E-state index contributed by atoms with van der Waals surface area (Å²) in [5, 5.41) is 18.9. The van der Waals surface area contributed by atoms with Crippen molar-refractivity contribution in [3.05, 3.63) is 31.6 Å². The Morgan fingerprint density at radius 2 is 2.00 bits per heavy atom. The smallest absolute Gasteiger partial charge is 0.337 e. The van der Waals surface area contributed by atoms with Crippen LogP contribution in [-0.2, 0) is 9.53 Å². The maximum atomic E-state index is 11.0. The lowest BCUT2D eigenvalue weighted by Gasteiger charge is -2.20. The van der Waals surface area contributed by atoms with E-state index in [1.165, 1.54) is 0 Å². The van der Waals surface area contributed by atoms with Crippen LogP contribution in [0.15, 0.2) is 0 Å². The first-order valence-corrected chi connectivity index (χ1v) is 4.41. The molecule has 0 bridgehead atoms. The van der Waals surface area contributed by atoms with Crippen molar-refractivity contribution in [3.63, 3.8) is 0 Å². The summed E-state index contributed by atoms with van der Waals surface area (Å²) in [7, 11) is 0. The maximum Gasteiger partial charge on any atom is 0.337 e. The lowest BCUT2D eigenvalue weighted by molar-refractivity contribution is -0.158. The van der Waals surface area contributed by atoms with Crippen LogP contribution in [0, 0.1) is 31.6 Å². The van der Waals surface area contributed by atoms with Crippen LogP contribution in [0.2, 0.25) is 0 Å². The number of aliphatic hydroxyl groups excluding tert-OH is 2. The molecule has 0 saturated heterocycles. The van der Waals surface area contributed by atoms with Crippen molar-refractivity contribution in [1.82, 2.24) is 0 Å². The number of hydrogen-bond acceptors (Lipinski definition) is 4. The second kappa shape index (κ2) is 5.32. The van der Waals surface area contributed by atoms with Gasteiger partial charge in [-0.05, 0) is 32.6 Å². The molecule has 1 aliphatic carbocycles. The summed E-state index contributed by atoms with van der Waals surface area (Å²) in [6.45, 7) is 1.82. The molecule has 1 aliphatic rings. The van der Waals surface area contributed by atoms with E-state index in [9.17, 15) is 15.0 Å². The van der Waals surface area contributed by atoms with Gasteiger partial charge in [0.25, 0.3) is 0 Å². The Hall–Kier alpha value is -0.610. The maximum absolute atomic E-state index is 11.0. The van der Waals surface area contributed by atoms with Crippen LogP contribution in [-0.4, -0.2) is 35.0 Å². The van der Waals surface area contributed by atoms with Gasteiger partial charge in [-0.3, -0.25) is 0 Å². The summed E-state index contributed by atoms with van der Waals surface area (Å²) >= 11 is 0. The van der Waals surface area contributed by atoms with Gasteiger partial charge in [-0.15, -0.1) is 0 Å². The van der Waals surface area contributed by atoms with E-state index in [1.54, 1.807) is 32.6 Å². The zero-order valence-electron chi connectivity index (χ0n) is 7.88. The van der Waals surface area contributed by atoms with Gasteiger partial charge in [0, 0.05) is 5.92 Å². The van der Waals surface area contributed by atoms with Gasteiger partial charge in [0.1, 0.15) is 0 Å². The molecular formula is C10H13O4. The Labute approximate surface area is 83.9 Å². The Bertz CT molecular complexity index is 187. The molecule has 0 amide bonds. The average molecular weight is 197 g/mol. The monoisotopic (exact) mass is 197 g/mol. The van der Waals surface area contributed by atoms with E-state index in [2.05, 4.69) is 4.74 Å². The van der Waals surface area contributed by atoms with E-state index in [0.29, 0.717) is 5.92 Å². The predicted octanol–water partition coefficient (Wildman–Crippen LogP) is -0.323. The molecule has 1 saturated carbocycles. The van der Waals surface area contributed by atoms with Crippen molar-refractivity contribution in [2.24, 2.45) is 0 Å². The number of carbonyl (C=O) groups is 1. The van der Waals surface area contributed by atoms with Crippen molar-refractivity contribution in [2.45, 2.75) is 19.1 Å². The summed E-state index contributed by atoms with van der Waals surface area (Å²) in [5.74, 6) is -0.299. The van der Waals surface area contributed by atoms with Gasteiger partial charge in [0.2, 0.25) is 0 Å². The minimum absolute atomic E-state index is 0.184. The van der Waals surface area contributed by atoms with Crippen molar-refractivity contribution in [1.29, 1.82) is 0 Å². The van der Waals surface area contributed by atoms with Crippen molar-refractivity contribution >= 4 is 5.97 Å². The van der Waals surface area contributed by atoms with Crippen LogP contribution < -0.4 is 0 Å². The zero-order valence-corrected chi connectivity index (χ0v) is 7.88. The molecule has 0 aromatic carbocycles. The van der Waals surface area contributed by atoms with Crippen molar-refractivity contribution in [2.75, 3.05) is 6.61 Å². The van der Waals surface area contributed by atoms with Crippen LogP contribution in [0.1, 0.15) is 6.92 Å². The van der Waals surface area contributed by atoms with Crippen LogP contribution in [0.3, 0.4) is 0 Å². The SMILES string of the molecule is CCOC(=O)[C@@H](O)[C@H](O)[C]1[CH][CH][CH][CH]1. The molecule has 77 valence electrons. The molecule has 0 aliphatic heterocycles. The van der Waals surface area contributed by atoms with Gasteiger partial charge in [0.05, 0.1) is 12.7 Å². The van der Waals surface area contributed by atoms with Crippen LogP contribution in [0.5, 0.6) is 0 Å². The Morgan fingerprint density at radius 3 is 2.50 bits per heavy atom. The zero-order chi connectivity index (χ0) is 10.6. The first kappa shape index (κ1) is 11.5. The highest BCUT2D eigenvalue weighted by molar-refractivity contribution is 5.76. The third-order valence-electron chi connectivity index (χ3n) is 1.86. The molecular weight excluding hydrogens is 184 g/mol. The van der Waals surface area contributed by atoms with Crippen LogP contribution in [0.25, 0.3) is 0 Å². The number of ether oxygens (including phenoxy) is 1. The van der Waals surface area contributed by atoms with Gasteiger partial charge >= 0.3 is 5.97 Å². The fraction of sp³-hybridized carbons (Fsp3) is 0.400. The highest BCUT2D eigenvalue weighted by Crippen LogP contribution is 2.27. The number of esters is 1. The van der Waals surface area contributed by atoms with Crippen molar-refractivity contribution < 1.29 is 19.7 Å². The van der Waals surface area contributed by atoms with Gasteiger partial charge < -0.3 is 14.9 Å². The van der Waals surface area contributed by atoms with E-state index < -0.39 is 18.2 Å². The largest absolute Gasteiger partial charge is 0.464 e. The third-order valence-corrected chi connectivity index (χ3v) is 1.86. The van der Waals surface area contributed by atoms with E-state index in [0.717, 1.165) is 0 Å². The molecule has 0 aromatic rings. The quantitative estimate of drug-likeness (QED) is 0.606. The second-order valence-electron chi connectivity index (χ2n) is 2.86. The van der Waals surface area contributed by atoms with Crippen LogP contribution in [0.4, 0.5) is 0 Å². The lowest BCUT2D eigenvalue weighted by atomic mass is 9.96. The van der Waals surface area contributed by atoms with Gasteiger partial charge in [-0.2, -0.15) is 0 Å². The van der Waals surface area contributed by atoms with Crippen LogP contribution >= 0.6 is 0 Å². The summed E-state index contributed by atoms with van der Waals surface area (Å²) in [6, 6.07) is 0. The molecule has 14 heavy (non-hydrogen) atoms. The second-order valence-corrected chi connectivity index (χ2v) is 2.86. The Kier molecular flexibility index (Phi) is 4.35. The first-order chi connectivity index (χ1) is 6.66. The molecule has 4 nitrogen and oxygen atoms in total. The van der Waals surface area contributed by atoms with Crippen molar-refractivity contribution in [3.8, 4) is 0 Å². The molecule has 2 atom stereocenters. The molecule has 0 spiro atoms. The number of rotatable bonds is 4. The summed E-state index contributed by atoms with van der Waals surface area (Å²) in [4.78, 5) is 11.0. The number of carbonyl (C=O) groups excluding carboxylic acids is 1. The molecule has 0 aromatic heterocycles. The standard InChI is InChI=1S/C10H13O4/c1-2-14-10(13)9(12)8(11)7-5-3-4-6-7/h3-6,8-9,11-12H,2H2,1H3/t8-,9+/m1/s1. The molecule has 4 heteroatoms. The molecule has 1 rings (SSSR count). The van der Waals surface area contributed by atoms with E-state index in [4.69, 9.17) is 0 Å². The van der Waals surface area contributed by atoms with Gasteiger partial charge in [0.15, 0.2) is 6.10 Å². The van der Waals surface area contributed by atoms with E-state index >= 15 is 0 Å². The Balaban J connectivity index is 2.41. The fourth-order valence-electron chi connectivity index (χ4n) is 1.12. The summed E-state index contributed by atoms with van der Waals surface area (Å²) in [6.07, 6.45) is 3.97. The normalized spacial score (nSPS) is 21.9. The number of hydrogen-bond donors (Lipinski definition) is 2. The van der Waals surface area contributed by atoms with Gasteiger partial charge in [-0.1, -0.05) is 0 Å². The Morgan fingerprint density at radius 1 is 1.43 bits per heavy atom.